The second kappa shape index (κ2) is 12.2. The lowest BCUT2D eigenvalue weighted by atomic mass is 9.78. The van der Waals surface area contributed by atoms with Crippen LogP contribution in [0, 0.1) is 5.82 Å². The van der Waals surface area contributed by atoms with E-state index in [1.807, 2.05) is 74.5 Å². The van der Waals surface area contributed by atoms with Gasteiger partial charge in [0.1, 0.15) is 11.7 Å². The minimum absolute atomic E-state index is 0.218. The normalized spacial score (nSPS) is 13.6. The first-order valence-corrected chi connectivity index (χ1v) is 12.9. The van der Waals surface area contributed by atoms with E-state index in [4.69, 9.17) is 4.98 Å². The Labute approximate surface area is 227 Å². The van der Waals surface area contributed by atoms with Crippen molar-refractivity contribution in [1.29, 1.82) is 0 Å². The summed E-state index contributed by atoms with van der Waals surface area (Å²) in [5, 5.41) is 31.9. The van der Waals surface area contributed by atoms with Gasteiger partial charge in [0.25, 0.3) is 0 Å². The third-order valence-corrected chi connectivity index (χ3v) is 6.77. The van der Waals surface area contributed by atoms with Gasteiger partial charge in [-0.1, -0.05) is 92.7 Å². The molecule has 0 amide bonds. The maximum absolute atomic E-state index is 14.1. The molecule has 5 nitrogen and oxygen atoms in total. The van der Waals surface area contributed by atoms with Crippen LogP contribution in [0.1, 0.15) is 43.4 Å². The van der Waals surface area contributed by atoms with Gasteiger partial charge in [-0.3, -0.25) is 9.78 Å². The van der Waals surface area contributed by atoms with E-state index in [1.54, 1.807) is 12.1 Å². The van der Waals surface area contributed by atoms with Gasteiger partial charge < -0.3 is 15.3 Å². The predicted octanol–water partition coefficient (Wildman–Crippen LogP) is 6.81. The van der Waals surface area contributed by atoms with Gasteiger partial charge in [-0.2, -0.15) is 0 Å². The molecule has 0 spiro atoms. The Bertz CT molecular complexity index is 1440. The minimum atomic E-state index is -1.44. The number of rotatable bonds is 10. The molecule has 4 rings (SSSR count). The summed E-state index contributed by atoms with van der Waals surface area (Å²) < 4.78 is 14.1. The van der Waals surface area contributed by atoms with Crippen molar-refractivity contribution < 1.29 is 24.5 Å². The van der Waals surface area contributed by atoms with E-state index < -0.39 is 29.9 Å². The van der Waals surface area contributed by atoms with Crippen molar-refractivity contribution in [2.75, 3.05) is 0 Å². The molecule has 3 N–H and O–H groups in total. The molecule has 200 valence electrons. The number of hydrogen-bond donors (Lipinski definition) is 3. The quantitative estimate of drug-likeness (QED) is 0.198. The highest BCUT2D eigenvalue weighted by Crippen LogP contribution is 2.47. The zero-order valence-electron chi connectivity index (χ0n) is 22.0. The minimum Gasteiger partial charge on any atom is -0.481 e. The lowest BCUT2D eigenvalue weighted by molar-refractivity contribution is -0.142. The van der Waals surface area contributed by atoms with E-state index in [2.05, 4.69) is 6.58 Å². The van der Waals surface area contributed by atoms with Gasteiger partial charge in [0.2, 0.25) is 0 Å². The summed E-state index contributed by atoms with van der Waals surface area (Å²) in [6.07, 6.45) is -1.50. The largest absolute Gasteiger partial charge is 0.481 e. The first-order valence-electron chi connectivity index (χ1n) is 12.9. The zero-order valence-corrected chi connectivity index (χ0v) is 22.0. The Morgan fingerprint density at radius 2 is 1.41 bits per heavy atom. The van der Waals surface area contributed by atoms with Crippen molar-refractivity contribution in [1.82, 2.24) is 4.98 Å². The summed E-state index contributed by atoms with van der Waals surface area (Å²) in [4.78, 5) is 17.9. The Balaban J connectivity index is 2.21. The van der Waals surface area contributed by atoms with E-state index in [9.17, 15) is 24.5 Å². The fourth-order valence-electron chi connectivity index (χ4n) is 4.94. The second-order valence-corrected chi connectivity index (χ2v) is 9.82. The van der Waals surface area contributed by atoms with Crippen LogP contribution >= 0.6 is 0 Å². The van der Waals surface area contributed by atoms with Crippen molar-refractivity contribution >= 4 is 5.97 Å². The summed E-state index contributed by atoms with van der Waals surface area (Å²) in [6.45, 7) is 7.39. The van der Waals surface area contributed by atoms with Crippen LogP contribution < -0.4 is 0 Å². The van der Waals surface area contributed by atoms with Crippen molar-refractivity contribution in [2.24, 2.45) is 0 Å². The number of pyridine rings is 1. The van der Waals surface area contributed by atoms with Gasteiger partial charge in [0, 0.05) is 23.2 Å². The maximum Gasteiger partial charge on any atom is 0.313 e. The molecular formula is C33H32FNO4. The molecule has 6 heteroatoms. The topological polar surface area (TPSA) is 90.7 Å². The van der Waals surface area contributed by atoms with Crippen LogP contribution in [-0.2, 0) is 4.79 Å². The van der Waals surface area contributed by atoms with Crippen LogP contribution in [0.3, 0.4) is 0 Å². The highest BCUT2D eigenvalue weighted by molar-refractivity contribution is 5.97. The summed E-state index contributed by atoms with van der Waals surface area (Å²) in [6, 6.07) is 25.0. The fraction of sp³-hybridized carbons (Fsp3) is 0.212. The maximum atomic E-state index is 14.1. The van der Waals surface area contributed by atoms with Crippen molar-refractivity contribution in [2.45, 2.75) is 44.3 Å². The molecule has 0 bridgehead atoms. The van der Waals surface area contributed by atoms with E-state index in [1.165, 1.54) is 18.2 Å². The molecule has 1 heterocycles. The molecule has 0 aliphatic rings. The number of carbonyl (C=O) groups is 1. The Morgan fingerprint density at radius 3 is 1.92 bits per heavy atom. The number of halogens is 1. The number of carboxylic acids is 1. The molecule has 3 atom stereocenters. The van der Waals surface area contributed by atoms with E-state index >= 15 is 0 Å². The molecule has 0 saturated heterocycles. The molecule has 3 unspecified atom stereocenters. The van der Waals surface area contributed by atoms with Crippen LogP contribution in [0.25, 0.3) is 33.5 Å². The molecular weight excluding hydrogens is 493 g/mol. The molecule has 4 aromatic rings. The van der Waals surface area contributed by atoms with Crippen molar-refractivity contribution in [3.8, 4) is 33.5 Å². The number of aliphatic hydroxyl groups is 2. The SMILES string of the molecule is C=CC(O)CC(O)C(C(=O)O)c1c(C(C)C)nc(-c2ccccc2)c(-c2ccccc2)c1-c1ccc(F)cc1. The Kier molecular flexibility index (Phi) is 8.69. The molecule has 39 heavy (non-hydrogen) atoms. The first-order chi connectivity index (χ1) is 18.7. The van der Waals surface area contributed by atoms with Gasteiger partial charge in [-0.25, -0.2) is 4.39 Å². The summed E-state index contributed by atoms with van der Waals surface area (Å²) >= 11 is 0. The van der Waals surface area contributed by atoms with Crippen molar-refractivity contribution in [3.05, 3.63) is 115 Å². The molecule has 0 aliphatic heterocycles. The third kappa shape index (κ3) is 5.98. The van der Waals surface area contributed by atoms with Crippen LogP contribution in [-0.4, -0.2) is 38.5 Å². The number of hydrogen-bond acceptors (Lipinski definition) is 4. The highest BCUT2D eigenvalue weighted by atomic mass is 19.1. The van der Waals surface area contributed by atoms with Crippen LogP contribution in [0.5, 0.6) is 0 Å². The van der Waals surface area contributed by atoms with Crippen molar-refractivity contribution in [3.63, 3.8) is 0 Å². The average molecular weight is 526 g/mol. The molecule has 1 aromatic heterocycles. The number of carboxylic acid groups (broad SMARTS) is 1. The molecule has 0 saturated carbocycles. The number of aromatic nitrogens is 1. The average Bonchev–Trinajstić information content (AvgIpc) is 2.93. The zero-order chi connectivity index (χ0) is 28.1. The summed E-state index contributed by atoms with van der Waals surface area (Å²) in [5.41, 5.74) is 4.95. The van der Waals surface area contributed by atoms with Gasteiger partial charge in [-0.05, 0) is 40.3 Å². The first kappa shape index (κ1) is 27.9. The van der Waals surface area contributed by atoms with Gasteiger partial charge >= 0.3 is 5.97 Å². The van der Waals surface area contributed by atoms with E-state index in [0.29, 0.717) is 33.6 Å². The van der Waals surface area contributed by atoms with Gasteiger partial charge in [0.05, 0.1) is 17.9 Å². The molecule has 0 fully saturated rings. The number of aliphatic carboxylic acids is 1. The monoisotopic (exact) mass is 525 g/mol. The molecule has 0 radical (unpaired) electrons. The van der Waals surface area contributed by atoms with Crippen LogP contribution in [0.2, 0.25) is 0 Å². The van der Waals surface area contributed by atoms with E-state index in [0.717, 1.165) is 11.1 Å². The third-order valence-electron chi connectivity index (χ3n) is 6.77. The van der Waals surface area contributed by atoms with Crippen LogP contribution in [0.4, 0.5) is 4.39 Å². The summed E-state index contributed by atoms with van der Waals surface area (Å²) in [7, 11) is 0. The lowest BCUT2D eigenvalue weighted by Crippen LogP contribution is -2.31. The number of nitrogens with zero attached hydrogens (tertiary/aromatic N) is 1. The second-order valence-electron chi connectivity index (χ2n) is 9.82. The smallest absolute Gasteiger partial charge is 0.313 e. The van der Waals surface area contributed by atoms with E-state index in [-0.39, 0.29) is 12.3 Å². The van der Waals surface area contributed by atoms with Gasteiger partial charge in [0.15, 0.2) is 0 Å². The highest BCUT2D eigenvalue weighted by Gasteiger charge is 2.37. The Morgan fingerprint density at radius 1 is 0.872 bits per heavy atom. The standard InChI is InChI=1S/C33H32FNO4/c1-4-25(36)19-26(37)29(33(38)39)30-27(22-15-17-24(34)18-16-22)28(21-11-7-5-8-12-21)32(35-31(30)20(2)3)23-13-9-6-10-14-23/h4-18,20,25-26,29,36-37H,1,19H2,2-3H3,(H,38,39). The fourth-order valence-corrected chi connectivity index (χ4v) is 4.94. The molecule has 0 aliphatic carbocycles. The van der Waals surface area contributed by atoms with Crippen LogP contribution in [0.15, 0.2) is 97.6 Å². The number of benzene rings is 3. The Hall–Kier alpha value is -4.13. The lowest BCUT2D eigenvalue weighted by Gasteiger charge is -2.29. The number of aliphatic hydroxyl groups excluding tert-OH is 2. The van der Waals surface area contributed by atoms with Gasteiger partial charge in [-0.15, -0.1) is 6.58 Å². The summed E-state index contributed by atoms with van der Waals surface area (Å²) in [5.74, 6) is -3.31. The predicted molar refractivity (Wildman–Crippen MR) is 152 cm³/mol. The molecule has 3 aromatic carbocycles.